The fraction of sp³-hybridized carbons (Fsp3) is 0.316. The fourth-order valence-corrected chi connectivity index (χ4v) is 2.98. The van der Waals surface area contributed by atoms with Crippen LogP contribution in [0.4, 0.5) is 13.2 Å². The van der Waals surface area contributed by atoms with Crippen molar-refractivity contribution in [3.05, 3.63) is 65.5 Å². The maximum atomic E-state index is 12.6. The number of nitrogens with one attached hydrogen (secondary N) is 1. The topological polar surface area (TPSA) is 62.3 Å². The summed E-state index contributed by atoms with van der Waals surface area (Å²) in [6, 6.07) is 7.41. The number of pyridine rings is 1. The van der Waals surface area contributed by atoms with Crippen LogP contribution >= 0.6 is 0 Å². The monoisotopic (exact) mass is 377 g/mol. The van der Waals surface area contributed by atoms with Crippen molar-refractivity contribution in [1.82, 2.24) is 15.2 Å². The first-order valence-corrected chi connectivity index (χ1v) is 8.52. The molecule has 0 saturated carbocycles. The lowest BCUT2D eigenvalue weighted by molar-refractivity contribution is -0.137. The van der Waals surface area contributed by atoms with Crippen molar-refractivity contribution in [3.8, 4) is 0 Å². The van der Waals surface area contributed by atoms with E-state index in [2.05, 4.69) is 10.3 Å². The number of hydrogen-bond acceptors (Lipinski definition) is 3. The summed E-state index contributed by atoms with van der Waals surface area (Å²) in [7, 11) is 0. The summed E-state index contributed by atoms with van der Waals surface area (Å²) in [5.41, 5.74) is -0.0351. The molecule has 0 bridgehead atoms. The molecule has 1 aromatic heterocycles. The second kappa shape index (κ2) is 7.77. The van der Waals surface area contributed by atoms with Crippen molar-refractivity contribution in [2.75, 3.05) is 13.1 Å². The van der Waals surface area contributed by atoms with Gasteiger partial charge in [0.1, 0.15) is 0 Å². The molecule has 1 fully saturated rings. The Morgan fingerprint density at radius 2 is 1.56 bits per heavy atom. The highest BCUT2D eigenvalue weighted by atomic mass is 19.4. The molecule has 1 aromatic carbocycles. The molecule has 2 heterocycles. The highest BCUT2D eigenvalue weighted by Gasteiger charge is 2.31. The first kappa shape index (κ1) is 18.9. The van der Waals surface area contributed by atoms with Crippen LogP contribution in [0.15, 0.2) is 48.8 Å². The van der Waals surface area contributed by atoms with Crippen molar-refractivity contribution >= 4 is 11.8 Å². The normalized spacial score (nSPS) is 15.4. The van der Waals surface area contributed by atoms with Gasteiger partial charge in [0, 0.05) is 42.7 Å². The van der Waals surface area contributed by atoms with Gasteiger partial charge in [0.05, 0.1) is 5.56 Å². The molecule has 5 nitrogen and oxygen atoms in total. The summed E-state index contributed by atoms with van der Waals surface area (Å²) in [5.74, 6) is -0.493. The number of rotatable bonds is 3. The molecule has 3 rings (SSSR count). The first-order chi connectivity index (χ1) is 12.8. The van der Waals surface area contributed by atoms with Crippen LogP contribution in [-0.2, 0) is 6.18 Å². The van der Waals surface area contributed by atoms with E-state index < -0.39 is 11.7 Å². The van der Waals surface area contributed by atoms with Crippen LogP contribution in [0.3, 0.4) is 0 Å². The van der Waals surface area contributed by atoms with Crippen molar-refractivity contribution in [3.63, 3.8) is 0 Å². The number of aromatic nitrogens is 1. The summed E-state index contributed by atoms with van der Waals surface area (Å²) < 4.78 is 37.8. The zero-order chi connectivity index (χ0) is 19.4. The smallest absolute Gasteiger partial charge is 0.349 e. The Bertz CT molecular complexity index is 799. The van der Waals surface area contributed by atoms with Gasteiger partial charge in [0.15, 0.2) is 0 Å². The lowest BCUT2D eigenvalue weighted by atomic mass is 10.0. The third-order valence-electron chi connectivity index (χ3n) is 4.52. The number of halogens is 3. The molecule has 2 amide bonds. The molecule has 1 aliphatic rings. The molecule has 1 aliphatic heterocycles. The van der Waals surface area contributed by atoms with Gasteiger partial charge in [-0.05, 0) is 49.2 Å². The Morgan fingerprint density at radius 1 is 0.963 bits per heavy atom. The van der Waals surface area contributed by atoms with Gasteiger partial charge in [0.25, 0.3) is 11.8 Å². The number of hydrogen-bond donors (Lipinski definition) is 1. The minimum atomic E-state index is -4.42. The van der Waals surface area contributed by atoms with Crippen LogP contribution in [0, 0.1) is 0 Å². The lowest BCUT2D eigenvalue weighted by Crippen LogP contribution is -2.46. The Labute approximate surface area is 154 Å². The molecule has 0 aliphatic carbocycles. The van der Waals surface area contributed by atoms with Gasteiger partial charge in [-0.1, -0.05) is 0 Å². The van der Waals surface area contributed by atoms with Crippen LogP contribution in [0.1, 0.15) is 39.1 Å². The predicted octanol–water partition coefficient (Wildman–Crippen LogP) is 3.14. The molecular formula is C19H18F3N3O2. The van der Waals surface area contributed by atoms with E-state index >= 15 is 0 Å². The molecule has 27 heavy (non-hydrogen) atoms. The molecular weight excluding hydrogens is 359 g/mol. The van der Waals surface area contributed by atoms with Crippen LogP contribution < -0.4 is 5.32 Å². The molecule has 0 radical (unpaired) electrons. The Balaban J connectivity index is 1.54. The average Bonchev–Trinajstić information content (AvgIpc) is 2.68. The number of benzene rings is 1. The average molecular weight is 377 g/mol. The number of nitrogens with zero attached hydrogens (tertiary/aromatic N) is 2. The Hall–Kier alpha value is -2.90. The number of piperidine rings is 1. The molecule has 1 N–H and O–H groups in total. The number of amides is 2. The van der Waals surface area contributed by atoms with Gasteiger partial charge in [-0.15, -0.1) is 0 Å². The van der Waals surface area contributed by atoms with Gasteiger partial charge in [-0.3, -0.25) is 14.6 Å². The van der Waals surface area contributed by atoms with E-state index in [-0.39, 0.29) is 23.4 Å². The zero-order valence-corrected chi connectivity index (χ0v) is 14.4. The van der Waals surface area contributed by atoms with Gasteiger partial charge in [-0.25, -0.2) is 0 Å². The van der Waals surface area contributed by atoms with E-state index in [1.165, 1.54) is 12.1 Å². The van der Waals surface area contributed by atoms with E-state index in [9.17, 15) is 22.8 Å². The van der Waals surface area contributed by atoms with Gasteiger partial charge in [0.2, 0.25) is 0 Å². The SMILES string of the molecule is O=C(NC1CCN(C(=O)c2ccc(C(F)(F)F)cc2)CC1)c1ccncc1. The maximum absolute atomic E-state index is 12.6. The van der Waals surface area contributed by atoms with Gasteiger partial charge >= 0.3 is 6.18 Å². The minimum Gasteiger partial charge on any atom is -0.349 e. The number of carbonyl (C=O) groups is 2. The van der Waals surface area contributed by atoms with E-state index in [0.29, 0.717) is 31.5 Å². The van der Waals surface area contributed by atoms with Gasteiger partial charge < -0.3 is 10.2 Å². The van der Waals surface area contributed by atoms with E-state index in [1.54, 1.807) is 29.4 Å². The molecule has 2 aromatic rings. The number of carbonyl (C=O) groups excluding carboxylic acids is 2. The van der Waals surface area contributed by atoms with Crippen LogP contribution in [0.25, 0.3) is 0 Å². The largest absolute Gasteiger partial charge is 0.416 e. The molecule has 0 atom stereocenters. The second-order valence-electron chi connectivity index (χ2n) is 6.35. The van der Waals surface area contributed by atoms with Crippen molar-refractivity contribution < 1.29 is 22.8 Å². The summed E-state index contributed by atoms with van der Waals surface area (Å²) in [6.07, 6.45) is -0.167. The van der Waals surface area contributed by atoms with Crippen LogP contribution in [0.2, 0.25) is 0 Å². The van der Waals surface area contributed by atoms with E-state index in [1.807, 2.05) is 0 Å². The Morgan fingerprint density at radius 3 is 2.11 bits per heavy atom. The van der Waals surface area contributed by atoms with E-state index in [4.69, 9.17) is 0 Å². The van der Waals surface area contributed by atoms with Crippen LogP contribution in [0.5, 0.6) is 0 Å². The molecule has 1 saturated heterocycles. The third-order valence-corrected chi connectivity index (χ3v) is 4.52. The lowest BCUT2D eigenvalue weighted by Gasteiger charge is -2.32. The minimum absolute atomic E-state index is 0.0534. The fourth-order valence-electron chi connectivity index (χ4n) is 2.98. The third kappa shape index (κ3) is 4.64. The molecule has 8 heteroatoms. The molecule has 0 spiro atoms. The zero-order valence-electron chi connectivity index (χ0n) is 14.4. The quantitative estimate of drug-likeness (QED) is 0.894. The summed E-state index contributed by atoms with van der Waals surface area (Å²) in [6.45, 7) is 0.863. The van der Waals surface area contributed by atoms with Crippen molar-refractivity contribution in [1.29, 1.82) is 0 Å². The predicted molar refractivity (Wildman–Crippen MR) is 92.1 cm³/mol. The van der Waals surface area contributed by atoms with E-state index in [0.717, 1.165) is 12.1 Å². The van der Waals surface area contributed by atoms with Crippen molar-refractivity contribution in [2.45, 2.75) is 25.1 Å². The summed E-state index contributed by atoms with van der Waals surface area (Å²) >= 11 is 0. The summed E-state index contributed by atoms with van der Waals surface area (Å²) in [5, 5.41) is 2.93. The standard InChI is InChI=1S/C19H18F3N3O2/c20-19(21,22)15-3-1-14(2-4-15)18(27)25-11-7-16(8-12-25)24-17(26)13-5-9-23-10-6-13/h1-6,9-10,16H,7-8,11-12H2,(H,24,26). The molecule has 0 unspecified atom stereocenters. The highest BCUT2D eigenvalue weighted by molar-refractivity contribution is 5.95. The second-order valence-corrected chi connectivity index (χ2v) is 6.35. The maximum Gasteiger partial charge on any atom is 0.416 e. The number of alkyl halides is 3. The Kier molecular flexibility index (Phi) is 5.43. The first-order valence-electron chi connectivity index (χ1n) is 8.52. The van der Waals surface area contributed by atoms with Crippen LogP contribution in [-0.4, -0.2) is 40.8 Å². The summed E-state index contributed by atoms with van der Waals surface area (Å²) in [4.78, 5) is 30.1. The highest BCUT2D eigenvalue weighted by Crippen LogP contribution is 2.29. The molecule has 142 valence electrons. The van der Waals surface area contributed by atoms with Crippen molar-refractivity contribution in [2.24, 2.45) is 0 Å². The number of likely N-dealkylation sites (tertiary alicyclic amines) is 1. The van der Waals surface area contributed by atoms with Gasteiger partial charge in [-0.2, -0.15) is 13.2 Å².